The smallest absolute Gasteiger partial charge is 0.226 e. The van der Waals surface area contributed by atoms with E-state index in [0.717, 1.165) is 17.9 Å². The molecule has 0 aliphatic heterocycles. The minimum atomic E-state index is -0.00614. The van der Waals surface area contributed by atoms with Crippen LogP contribution in [0.4, 0.5) is 11.4 Å². The predicted molar refractivity (Wildman–Crippen MR) is 93.8 cm³/mol. The summed E-state index contributed by atoms with van der Waals surface area (Å²) >= 11 is 5.91. The number of carbonyl (C=O) groups excluding carboxylic acids is 1. The summed E-state index contributed by atoms with van der Waals surface area (Å²) in [4.78, 5) is 14.3. The van der Waals surface area contributed by atoms with Gasteiger partial charge in [0.2, 0.25) is 5.91 Å². The molecule has 0 radical (unpaired) electrons. The summed E-state index contributed by atoms with van der Waals surface area (Å²) in [5, 5.41) is 3.49. The van der Waals surface area contributed by atoms with Gasteiger partial charge in [-0.1, -0.05) is 29.8 Å². The Balaban J connectivity index is 1.91. The van der Waals surface area contributed by atoms with Gasteiger partial charge in [0.1, 0.15) is 0 Å². The third-order valence-corrected chi connectivity index (χ3v) is 3.70. The average molecular weight is 317 g/mol. The summed E-state index contributed by atoms with van der Waals surface area (Å²) in [6.07, 6.45) is 0.439. The Kier molecular flexibility index (Phi) is 5.84. The topological polar surface area (TPSA) is 32.3 Å². The van der Waals surface area contributed by atoms with Gasteiger partial charge in [-0.3, -0.25) is 4.79 Å². The number of carbonyl (C=O) groups is 1. The minimum absolute atomic E-state index is 0.00614. The average Bonchev–Trinajstić information content (AvgIpc) is 2.48. The molecule has 0 unspecified atom stereocenters. The van der Waals surface area contributed by atoms with Gasteiger partial charge in [-0.2, -0.15) is 0 Å². The summed E-state index contributed by atoms with van der Waals surface area (Å²) in [5.41, 5.74) is 3.11. The molecule has 1 amide bonds. The predicted octanol–water partition coefficient (Wildman–Crippen LogP) is 4.50. The van der Waals surface area contributed by atoms with E-state index < -0.39 is 0 Å². The summed E-state index contributed by atoms with van der Waals surface area (Å²) in [6.45, 7) is 5.72. The van der Waals surface area contributed by atoms with Crippen molar-refractivity contribution in [2.45, 2.75) is 20.3 Å². The molecule has 0 bridgehead atoms. The molecule has 2 aromatic rings. The van der Waals surface area contributed by atoms with Gasteiger partial charge in [0, 0.05) is 35.9 Å². The standard InChI is InChI=1S/C18H21ClN2O/c1-3-21(17-9-4-6-14(2)12-17)11-10-18(22)20-16-8-5-7-15(19)13-16/h4-9,12-13H,3,10-11H2,1-2H3,(H,20,22). The molecule has 116 valence electrons. The van der Waals surface area contributed by atoms with Crippen molar-refractivity contribution in [2.75, 3.05) is 23.3 Å². The summed E-state index contributed by atoms with van der Waals surface area (Å²) in [6, 6.07) is 15.5. The number of hydrogen-bond acceptors (Lipinski definition) is 2. The molecule has 0 spiro atoms. The van der Waals surface area contributed by atoms with E-state index in [9.17, 15) is 4.79 Å². The van der Waals surface area contributed by atoms with Gasteiger partial charge < -0.3 is 10.2 Å². The van der Waals surface area contributed by atoms with Crippen molar-refractivity contribution < 1.29 is 4.79 Å². The van der Waals surface area contributed by atoms with Crippen LogP contribution in [0, 0.1) is 6.92 Å². The van der Waals surface area contributed by atoms with Gasteiger partial charge in [0.15, 0.2) is 0 Å². The van der Waals surface area contributed by atoms with E-state index in [1.54, 1.807) is 12.1 Å². The van der Waals surface area contributed by atoms with Gasteiger partial charge in [0.05, 0.1) is 0 Å². The lowest BCUT2D eigenvalue weighted by atomic mass is 10.2. The van der Waals surface area contributed by atoms with Crippen LogP contribution in [0.3, 0.4) is 0 Å². The van der Waals surface area contributed by atoms with Crippen molar-refractivity contribution in [2.24, 2.45) is 0 Å². The Morgan fingerprint density at radius 3 is 2.64 bits per heavy atom. The number of halogens is 1. The van der Waals surface area contributed by atoms with Crippen LogP contribution in [0.15, 0.2) is 48.5 Å². The zero-order chi connectivity index (χ0) is 15.9. The van der Waals surface area contributed by atoms with Crippen LogP contribution in [0.25, 0.3) is 0 Å². The van der Waals surface area contributed by atoms with Crippen molar-refractivity contribution in [3.8, 4) is 0 Å². The van der Waals surface area contributed by atoms with Crippen LogP contribution in [0.1, 0.15) is 18.9 Å². The number of benzene rings is 2. The number of aryl methyl sites for hydroxylation is 1. The van der Waals surface area contributed by atoms with Crippen LogP contribution in [0.2, 0.25) is 5.02 Å². The largest absolute Gasteiger partial charge is 0.371 e. The Hall–Kier alpha value is -2.00. The van der Waals surface area contributed by atoms with Gasteiger partial charge in [-0.25, -0.2) is 0 Å². The van der Waals surface area contributed by atoms with E-state index in [1.807, 2.05) is 18.2 Å². The Bertz CT molecular complexity index is 642. The first-order valence-corrected chi connectivity index (χ1v) is 7.83. The molecule has 0 atom stereocenters. The summed E-state index contributed by atoms with van der Waals surface area (Å²) in [7, 11) is 0. The van der Waals surface area contributed by atoms with Crippen molar-refractivity contribution >= 4 is 28.9 Å². The van der Waals surface area contributed by atoms with Crippen LogP contribution in [-0.4, -0.2) is 19.0 Å². The molecule has 4 heteroatoms. The molecule has 3 nitrogen and oxygen atoms in total. The molecule has 1 N–H and O–H groups in total. The molecule has 0 aliphatic rings. The van der Waals surface area contributed by atoms with Crippen molar-refractivity contribution in [1.29, 1.82) is 0 Å². The fourth-order valence-electron chi connectivity index (χ4n) is 2.32. The van der Waals surface area contributed by atoms with E-state index in [1.165, 1.54) is 5.56 Å². The van der Waals surface area contributed by atoms with E-state index in [4.69, 9.17) is 11.6 Å². The maximum absolute atomic E-state index is 12.1. The maximum Gasteiger partial charge on any atom is 0.226 e. The lowest BCUT2D eigenvalue weighted by molar-refractivity contribution is -0.116. The normalized spacial score (nSPS) is 10.3. The highest BCUT2D eigenvalue weighted by molar-refractivity contribution is 6.30. The number of nitrogens with one attached hydrogen (secondary N) is 1. The molecule has 0 fully saturated rings. The summed E-state index contributed by atoms with van der Waals surface area (Å²) in [5.74, 6) is -0.00614. The Labute approximate surface area is 136 Å². The molecule has 0 heterocycles. The number of hydrogen-bond donors (Lipinski definition) is 1. The number of rotatable bonds is 6. The third kappa shape index (κ3) is 4.78. The number of anilines is 2. The summed E-state index contributed by atoms with van der Waals surface area (Å²) < 4.78 is 0. The highest BCUT2D eigenvalue weighted by Crippen LogP contribution is 2.17. The first-order chi connectivity index (χ1) is 10.6. The first-order valence-electron chi connectivity index (χ1n) is 7.45. The SMILES string of the molecule is CCN(CCC(=O)Nc1cccc(Cl)c1)c1cccc(C)c1. The Morgan fingerprint density at radius 2 is 1.95 bits per heavy atom. The van der Waals surface area contributed by atoms with Crippen molar-refractivity contribution in [3.05, 3.63) is 59.1 Å². The lowest BCUT2D eigenvalue weighted by Crippen LogP contribution is -2.27. The monoisotopic (exact) mass is 316 g/mol. The van der Waals surface area contributed by atoms with Crippen LogP contribution < -0.4 is 10.2 Å². The van der Waals surface area contributed by atoms with Crippen molar-refractivity contribution in [3.63, 3.8) is 0 Å². The highest BCUT2D eigenvalue weighted by Gasteiger charge is 2.08. The second-order valence-electron chi connectivity index (χ2n) is 5.23. The van der Waals surface area contributed by atoms with Crippen LogP contribution in [-0.2, 0) is 4.79 Å². The molecule has 2 aromatic carbocycles. The fraction of sp³-hybridized carbons (Fsp3) is 0.278. The second kappa shape index (κ2) is 7.85. The second-order valence-corrected chi connectivity index (χ2v) is 5.66. The minimum Gasteiger partial charge on any atom is -0.371 e. The molecule has 0 saturated carbocycles. The Morgan fingerprint density at radius 1 is 1.18 bits per heavy atom. The lowest BCUT2D eigenvalue weighted by Gasteiger charge is -2.23. The zero-order valence-electron chi connectivity index (χ0n) is 13.0. The molecular formula is C18H21ClN2O. The van der Waals surface area contributed by atoms with E-state index in [2.05, 4.69) is 42.3 Å². The van der Waals surface area contributed by atoms with Gasteiger partial charge in [-0.15, -0.1) is 0 Å². The third-order valence-electron chi connectivity index (χ3n) is 3.47. The molecule has 0 aromatic heterocycles. The molecule has 0 saturated heterocycles. The molecule has 0 aliphatic carbocycles. The van der Waals surface area contributed by atoms with E-state index in [0.29, 0.717) is 18.0 Å². The van der Waals surface area contributed by atoms with Crippen LogP contribution >= 0.6 is 11.6 Å². The fourth-order valence-corrected chi connectivity index (χ4v) is 2.51. The maximum atomic E-state index is 12.1. The first kappa shape index (κ1) is 16.4. The van der Waals surface area contributed by atoms with Gasteiger partial charge in [-0.05, 0) is 49.7 Å². The van der Waals surface area contributed by atoms with Gasteiger partial charge in [0.25, 0.3) is 0 Å². The zero-order valence-corrected chi connectivity index (χ0v) is 13.7. The molecular weight excluding hydrogens is 296 g/mol. The number of nitrogens with zero attached hydrogens (tertiary/aromatic N) is 1. The molecule has 22 heavy (non-hydrogen) atoms. The van der Waals surface area contributed by atoms with Crippen LogP contribution in [0.5, 0.6) is 0 Å². The highest BCUT2D eigenvalue weighted by atomic mass is 35.5. The van der Waals surface area contributed by atoms with Gasteiger partial charge >= 0.3 is 0 Å². The van der Waals surface area contributed by atoms with E-state index in [-0.39, 0.29) is 5.91 Å². The number of amides is 1. The molecule has 2 rings (SSSR count). The van der Waals surface area contributed by atoms with E-state index >= 15 is 0 Å². The van der Waals surface area contributed by atoms with Crippen molar-refractivity contribution in [1.82, 2.24) is 0 Å². The quantitative estimate of drug-likeness (QED) is 0.850.